The Labute approximate surface area is 233 Å². The number of carbonyl (C=O) groups is 1. The lowest BCUT2D eigenvalue weighted by Gasteiger charge is -2.28. The molecule has 1 amide bonds. The lowest BCUT2D eigenvalue weighted by molar-refractivity contribution is -0.143. The van der Waals surface area contributed by atoms with Crippen molar-refractivity contribution in [1.29, 1.82) is 0 Å². The lowest BCUT2D eigenvalue weighted by atomic mass is 10.0. The van der Waals surface area contributed by atoms with Crippen LogP contribution in [0.4, 0.5) is 37.0 Å². The lowest BCUT2D eigenvalue weighted by Crippen LogP contribution is -2.32. The summed E-state index contributed by atoms with van der Waals surface area (Å²) in [6, 6.07) is 20.0. The van der Waals surface area contributed by atoms with E-state index in [1.54, 1.807) is 0 Å². The fourth-order valence-electron chi connectivity index (χ4n) is 4.53. The Balaban J connectivity index is 1.77. The van der Waals surface area contributed by atoms with E-state index < -0.39 is 36.1 Å². The molecule has 0 aliphatic heterocycles. The highest BCUT2D eigenvalue weighted by atomic mass is 19.4. The summed E-state index contributed by atoms with van der Waals surface area (Å²) in [7, 11) is 1.09. The molecule has 4 aromatic rings. The number of aromatic nitrogens is 1. The van der Waals surface area contributed by atoms with Crippen LogP contribution in [0.3, 0.4) is 0 Å². The molecule has 4 rings (SSSR count). The minimum absolute atomic E-state index is 0.0556. The molecule has 0 atom stereocenters. The maximum atomic E-state index is 13.5. The Hall–Kier alpha value is -4.28. The van der Waals surface area contributed by atoms with Crippen LogP contribution in [0.5, 0.6) is 0 Å². The molecule has 0 spiro atoms. The van der Waals surface area contributed by atoms with E-state index in [1.165, 1.54) is 0 Å². The van der Waals surface area contributed by atoms with Gasteiger partial charge in [0.1, 0.15) is 5.82 Å². The maximum Gasteiger partial charge on any atom is 0.416 e. The Morgan fingerprint density at radius 1 is 0.780 bits per heavy atom. The number of methoxy groups -OCH3 is 1. The molecular weight excluding hydrogens is 548 g/mol. The van der Waals surface area contributed by atoms with Gasteiger partial charge in [0.25, 0.3) is 0 Å². The molecule has 0 radical (unpaired) electrons. The second kappa shape index (κ2) is 12.1. The zero-order valence-corrected chi connectivity index (χ0v) is 22.3. The van der Waals surface area contributed by atoms with E-state index in [1.807, 2.05) is 72.5 Å². The van der Waals surface area contributed by atoms with Gasteiger partial charge < -0.3 is 9.64 Å². The van der Waals surface area contributed by atoms with Crippen molar-refractivity contribution in [2.45, 2.75) is 38.9 Å². The number of para-hydroxylation sites is 1. The van der Waals surface area contributed by atoms with E-state index in [9.17, 15) is 31.1 Å². The van der Waals surface area contributed by atoms with Crippen LogP contribution in [0, 0.1) is 0 Å². The van der Waals surface area contributed by atoms with Crippen LogP contribution in [-0.2, 0) is 36.7 Å². The number of benzene rings is 3. The van der Waals surface area contributed by atoms with Crippen LogP contribution in [0.1, 0.15) is 34.7 Å². The van der Waals surface area contributed by atoms with Crippen LogP contribution >= 0.6 is 0 Å². The molecule has 3 aromatic carbocycles. The third kappa shape index (κ3) is 7.27. The SMILES string of the molecule is CCN(Cc1ccccc1)c1nc2ccccc2cc1CN(Cc1cc(C(F)(F)F)cc(C(F)(F)F)c1)C(=O)OC. The summed E-state index contributed by atoms with van der Waals surface area (Å²) >= 11 is 0. The number of carbonyl (C=O) groups excluding carboxylic acids is 1. The number of hydrogen-bond acceptors (Lipinski definition) is 4. The number of fused-ring (bicyclic) bond motifs is 1. The van der Waals surface area contributed by atoms with E-state index in [0.717, 1.165) is 23.0 Å². The second-order valence-corrected chi connectivity index (χ2v) is 9.40. The zero-order chi connectivity index (χ0) is 29.8. The van der Waals surface area contributed by atoms with Gasteiger partial charge in [0.05, 0.1) is 30.3 Å². The van der Waals surface area contributed by atoms with Gasteiger partial charge in [0, 0.05) is 30.6 Å². The first kappa shape index (κ1) is 29.7. The van der Waals surface area contributed by atoms with E-state index >= 15 is 0 Å². The molecule has 5 nitrogen and oxygen atoms in total. The number of ether oxygens (including phenoxy) is 1. The monoisotopic (exact) mass is 575 g/mol. The van der Waals surface area contributed by atoms with Gasteiger partial charge in [-0.05, 0) is 48.4 Å². The molecular formula is C30H27F6N3O2. The number of alkyl halides is 6. The topological polar surface area (TPSA) is 45.7 Å². The van der Waals surface area contributed by atoms with Gasteiger partial charge in [-0.25, -0.2) is 9.78 Å². The van der Waals surface area contributed by atoms with Crippen molar-refractivity contribution >= 4 is 22.8 Å². The van der Waals surface area contributed by atoms with Crippen molar-refractivity contribution in [1.82, 2.24) is 9.88 Å². The molecule has 11 heteroatoms. The highest BCUT2D eigenvalue weighted by Gasteiger charge is 2.37. The average molecular weight is 576 g/mol. The molecule has 0 saturated carbocycles. The molecule has 41 heavy (non-hydrogen) atoms. The third-order valence-corrected chi connectivity index (χ3v) is 6.49. The van der Waals surface area contributed by atoms with Crippen LogP contribution in [0.25, 0.3) is 10.9 Å². The van der Waals surface area contributed by atoms with Crippen LogP contribution in [0.15, 0.2) is 78.9 Å². The van der Waals surface area contributed by atoms with Crippen LogP contribution < -0.4 is 4.90 Å². The summed E-state index contributed by atoms with van der Waals surface area (Å²) in [5.41, 5.74) is -1.02. The van der Waals surface area contributed by atoms with Gasteiger partial charge in [-0.2, -0.15) is 26.3 Å². The first-order valence-electron chi connectivity index (χ1n) is 12.7. The van der Waals surface area contributed by atoms with Gasteiger partial charge in [-0.1, -0.05) is 48.5 Å². The van der Waals surface area contributed by atoms with Gasteiger partial charge >= 0.3 is 18.4 Å². The van der Waals surface area contributed by atoms with Crippen molar-refractivity contribution in [3.05, 3.63) is 107 Å². The van der Waals surface area contributed by atoms with Crippen LogP contribution in [-0.4, -0.2) is 29.6 Å². The molecule has 1 aromatic heterocycles. The fourth-order valence-corrected chi connectivity index (χ4v) is 4.53. The van der Waals surface area contributed by atoms with Crippen molar-refractivity contribution in [2.24, 2.45) is 0 Å². The van der Waals surface area contributed by atoms with Gasteiger partial charge in [-0.15, -0.1) is 0 Å². The van der Waals surface area contributed by atoms with Gasteiger partial charge in [-0.3, -0.25) is 4.90 Å². The summed E-state index contributed by atoms with van der Waals surface area (Å²) in [6.07, 6.45) is -10.9. The fraction of sp³-hybridized carbons (Fsp3) is 0.267. The van der Waals surface area contributed by atoms with Crippen LogP contribution in [0.2, 0.25) is 0 Å². The van der Waals surface area contributed by atoms with Crippen molar-refractivity contribution in [3.8, 4) is 0 Å². The number of halogens is 6. The van der Waals surface area contributed by atoms with Gasteiger partial charge in [0.15, 0.2) is 0 Å². The molecule has 0 aliphatic rings. The average Bonchev–Trinajstić information content (AvgIpc) is 2.94. The van der Waals surface area contributed by atoms with E-state index in [2.05, 4.69) is 0 Å². The normalized spacial score (nSPS) is 11.9. The third-order valence-electron chi connectivity index (χ3n) is 6.49. The molecule has 216 valence electrons. The minimum atomic E-state index is -5.01. The van der Waals surface area contributed by atoms with E-state index in [0.29, 0.717) is 42.1 Å². The number of amides is 1. The summed E-state index contributed by atoms with van der Waals surface area (Å²) in [5, 5.41) is 0.755. The zero-order valence-electron chi connectivity index (χ0n) is 22.3. The Bertz CT molecular complexity index is 1470. The number of rotatable bonds is 8. The Kier molecular flexibility index (Phi) is 8.74. The summed E-state index contributed by atoms with van der Waals surface area (Å²) in [6.45, 7) is 2.22. The molecule has 1 heterocycles. The van der Waals surface area contributed by atoms with Crippen molar-refractivity contribution in [3.63, 3.8) is 0 Å². The summed E-state index contributed by atoms with van der Waals surface area (Å²) in [5.74, 6) is 0.531. The second-order valence-electron chi connectivity index (χ2n) is 9.40. The molecule has 0 N–H and O–H groups in total. The standard InChI is InChI=1S/C30H27F6N3O2/c1-3-38(17-20-9-5-4-6-10-20)27-23(15-22-11-7-8-12-26(22)37-27)19-39(28(40)41-2)18-21-13-24(29(31,32)33)16-25(14-21)30(34,35)36/h4-16H,3,17-19H2,1-2H3. The van der Waals surface area contributed by atoms with Crippen molar-refractivity contribution < 1.29 is 35.9 Å². The minimum Gasteiger partial charge on any atom is -0.453 e. The largest absolute Gasteiger partial charge is 0.453 e. The van der Waals surface area contributed by atoms with Gasteiger partial charge in [0.2, 0.25) is 0 Å². The summed E-state index contributed by atoms with van der Waals surface area (Å²) < 4.78 is 85.7. The molecule has 0 aliphatic carbocycles. The quantitative estimate of drug-likeness (QED) is 0.199. The number of pyridine rings is 1. The molecule has 0 unspecified atom stereocenters. The van der Waals surface area contributed by atoms with Crippen molar-refractivity contribution in [2.75, 3.05) is 18.6 Å². The smallest absolute Gasteiger partial charge is 0.416 e. The predicted octanol–water partition coefficient (Wildman–Crippen LogP) is 8.07. The number of hydrogen-bond donors (Lipinski definition) is 0. The first-order valence-corrected chi connectivity index (χ1v) is 12.7. The highest BCUT2D eigenvalue weighted by molar-refractivity contribution is 5.82. The first-order chi connectivity index (χ1) is 19.4. The highest BCUT2D eigenvalue weighted by Crippen LogP contribution is 2.37. The number of anilines is 1. The Morgan fingerprint density at radius 3 is 1.98 bits per heavy atom. The predicted molar refractivity (Wildman–Crippen MR) is 143 cm³/mol. The summed E-state index contributed by atoms with van der Waals surface area (Å²) in [4.78, 5) is 20.7. The number of nitrogens with zero attached hydrogens (tertiary/aromatic N) is 3. The molecule has 0 fully saturated rings. The van der Waals surface area contributed by atoms with E-state index in [4.69, 9.17) is 9.72 Å². The Morgan fingerprint density at radius 2 is 1.39 bits per heavy atom. The molecule has 0 bridgehead atoms. The maximum absolute atomic E-state index is 13.5. The van der Waals surface area contributed by atoms with E-state index in [-0.39, 0.29) is 18.2 Å². The molecule has 0 saturated heterocycles.